The lowest BCUT2D eigenvalue weighted by Gasteiger charge is -2.24. The summed E-state index contributed by atoms with van der Waals surface area (Å²) in [4.78, 5) is 27.4. The van der Waals surface area contributed by atoms with Crippen molar-refractivity contribution in [2.24, 2.45) is 0 Å². The maximum absolute atomic E-state index is 12.4. The molecular formula is C58H36N10. The molecule has 0 atom stereocenters. The average Bonchev–Trinajstić information content (AvgIpc) is 4.20. The van der Waals surface area contributed by atoms with Crippen molar-refractivity contribution in [1.29, 1.82) is 5.26 Å². The molecule has 68 heavy (non-hydrogen) atoms. The number of para-hydroxylation sites is 8. The van der Waals surface area contributed by atoms with Crippen LogP contribution in [0, 0.1) is 11.3 Å². The number of nitrogens with zero attached hydrogens (tertiary/aromatic N) is 10. The summed E-state index contributed by atoms with van der Waals surface area (Å²) in [7, 11) is 0. The number of hydrogen-bond donors (Lipinski definition) is 0. The van der Waals surface area contributed by atoms with Crippen LogP contribution in [0.15, 0.2) is 218 Å². The van der Waals surface area contributed by atoms with Gasteiger partial charge in [-0.1, -0.05) is 170 Å². The van der Waals surface area contributed by atoms with Crippen LogP contribution in [-0.4, -0.2) is 43.2 Å². The van der Waals surface area contributed by atoms with Crippen molar-refractivity contribution in [1.82, 2.24) is 43.2 Å². The van der Waals surface area contributed by atoms with Crippen LogP contribution in [0.3, 0.4) is 0 Å². The molecule has 5 heterocycles. The summed E-state index contributed by atoms with van der Waals surface area (Å²) < 4.78 is 8.41. The number of nitriles is 1. The number of pyridine rings is 1. The predicted molar refractivity (Wildman–Crippen MR) is 269 cm³/mol. The standard InChI is InChI=1S/C58H36N10/c59-37-42-51(65-47-33-17-13-29-43(47)60-53(65)38-21-5-1-6-22-38)57(67-49-35-19-15-31-45(49)62-55(67)40-25-9-3-10-26-40)64-58(68-50-36-20-16-32-46(50)63-56(68)41-27-11-4-12-28-41)52(42)66-48-34-18-14-30-44(48)61-54(66)39-23-7-2-8-24-39/h1-36H. The first-order valence-electron chi connectivity index (χ1n) is 22.3. The van der Waals surface area contributed by atoms with Gasteiger partial charge < -0.3 is 0 Å². The minimum atomic E-state index is 0.333. The fourth-order valence-corrected chi connectivity index (χ4v) is 9.49. The Bertz CT molecular complexity index is 3830. The third-order valence-electron chi connectivity index (χ3n) is 12.5. The van der Waals surface area contributed by atoms with E-state index in [-0.39, 0.29) is 0 Å². The summed E-state index contributed by atoms with van der Waals surface area (Å²) in [5, 5.41) is 12.4. The molecule has 0 fully saturated rings. The molecule has 8 aromatic carbocycles. The van der Waals surface area contributed by atoms with Gasteiger partial charge in [0.05, 0.1) is 44.1 Å². The Hall–Kier alpha value is -9.72. The maximum atomic E-state index is 12.4. The number of imidazole rings is 4. The van der Waals surface area contributed by atoms with Gasteiger partial charge in [0.1, 0.15) is 46.3 Å². The first-order chi connectivity index (χ1) is 33.7. The van der Waals surface area contributed by atoms with Crippen LogP contribution in [0.4, 0.5) is 0 Å². The van der Waals surface area contributed by atoms with E-state index in [9.17, 15) is 5.26 Å². The number of aromatic nitrogens is 9. The highest BCUT2D eigenvalue weighted by molar-refractivity contribution is 5.93. The normalized spacial score (nSPS) is 11.5. The Kier molecular flexibility index (Phi) is 8.97. The predicted octanol–water partition coefficient (Wildman–Crippen LogP) is 13.0. The molecule has 10 heteroatoms. The van der Waals surface area contributed by atoms with Crippen LogP contribution in [0.5, 0.6) is 0 Å². The van der Waals surface area contributed by atoms with Gasteiger partial charge in [0.2, 0.25) is 0 Å². The first-order valence-corrected chi connectivity index (χ1v) is 22.3. The highest BCUT2D eigenvalue weighted by Crippen LogP contribution is 2.43. The largest absolute Gasteiger partial charge is 0.287 e. The minimum Gasteiger partial charge on any atom is -0.287 e. The molecule has 0 saturated carbocycles. The molecule has 10 nitrogen and oxygen atoms in total. The van der Waals surface area contributed by atoms with Gasteiger partial charge >= 0.3 is 0 Å². The van der Waals surface area contributed by atoms with E-state index in [0.717, 1.165) is 66.4 Å². The molecular weight excluding hydrogens is 837 g/mol. The molecule has 318 valence electrons. The van der Waals surface area contributed by atoms with Crippen LogP contribution in [0.1, 0.15) is 5.56 Å². The molecule has 0 aliphatic rings. The third kappa shape index (κ3) is 6.07. The zero-order valence-electron chi connectivity index (χ0n) is 36.3. The SMILES string of the molecule is N#Cc1c(-n2c(-c3ccccc3)nc3ccccc32)c(-n2c(-c3ccccc3)nc3ccccc32)nc(-n2c(-c3ccccc3)nc3ccccc32)c1-n1c(-c2ccccc2)nc2ccccc21. The lowest BCUT2D eigenvalue weighted by Crippen LogP contribution is -2.18. The average molecular weight is 873 g/mol. The van der Waals surface area contributed by atoms with Crippen LogP contribution >= 0.6 is 0 Å². The van der Waals surface area contributed by atoms with E-state index in [2.05, 4.69) is 97.1 Å². The Labute approximate surface area is 389 Å². The van der Waals surface area contributed by atoms with Crippen molar-refractivity contribution in [3.8, 4) is 74.6 Å². The zero-order chi connectivity index (χ0) is 45.1. The number of fused-ring (bicyclic) bond motifs is 4. The van der Waals surface area contributed by atoms with Crippen molar-refractivity contribution in [2.45, 2.75) is 0 Å². The Balaban J connectivity index is 1.31. The second-order valence-electron chi connectivity index (χ2n) is 16.4. The molecule has 0 bridgehead atoms. The molecule has 0 N–H and O–H groups in total. The summed E-state index contributed by atoms with van der Waals surface area (Å²) in [5.74, 6) is 3.54. The molecule has 0 radical (unpaired) electrons. The highest BCUT2D eigenvalue weighted by atomic mass is 15.3. The smallest absolute Gasteiger partial charge is 0.167 e. The third-order valence-corrected chi connectivity index (χ3v) is 12.5. The van der Waals surface area contributed by atoms with E-state index in [1.807, 2.05) is 146 Å². The lowest BCUT2D eigenvalue weighted by atomic mass is 10.1. The minimum absolute atomic E-state index is 0.333. The zero-order valence-corrected chi connectivity index (χ0v) is 36.3. The van der Waals surface area contributed by atoms with E-state index in [0.29, 0.717) is 51.9 Å². The molecule has 0 amide bonds. The highest BCUT2D eigenvalue weighted by Gasteiger charge is 2.33. The quantitative estimate of drug-likeness (QED) is 0.150. The van der Waals surface area contributed by atoms with Crippen LogP contribution in [0.25, 0.3) is 113 Å². The molecule has 0 unspecified atom stereocenters. The first kappa shape index (κ1) is 38.7. The van der Waals surface area contributed by atoms with E-state index in [1.54, 1.807) is 0 Å². The molecule has 13 rings (SSSR count). The Morgan fingerprint density at radius 2 is 0.529 bits per heavy atom. The maximum Gasteiger partial charge on any atom is 0.167 e. The van der Waals surface area contributed by atoms with Crippen molar-refractivity contribution in [2.75, 3.05) is 0 Å². The fourth-order valence-electron chi connectivity index (χ4n) is 9.49. The van der Waals surface area contributed by atoms with Crippen molar-refractivity contribution in [3.05, 3.63) is 224 Å². The van der Waals surface area contributed by atoms with Gasteiger partial charge in [0, 0.05) is 22.3 Å². The second-order valence-corrected chi connectivity index (χ2v) is 16.4. The van der Waals surface area contributed by atoms with Gasteiger partial charge in [0.15, 0.2) is 11.6 Å². The van der Waals surface area contributed by atoms with Crippen LogP contribution in [0.2, 0.25) is 0 Å². The van der Waals surface area contributed by atoms with Gasteiger partial charge in [-0.15, -0.1) is 0 Å². The van der Waals surface area contributed by atoms with Crippen molar-refractivity contribution < 1.29 is 0 Å². The number of benzene rings is 8. The summed E-state index contributed by atoms with van der Waals surface area (Å²) in [6.45, 7) is 0. The monoisotopic (exact) mass is 872 g/mol. The second kappa shape index (κ2) is 15.8. The van der Waals surface area contributed by atoms with Gasteiger partial charge in [0.25, 0.3) is 0 Å². The van der Waals surface area contributed by atoms with Crippen LogP contribution in [-0.2, 0) is 0 Å². The summed E-state index contributed by atoms with van der Waals surface area (Å²) >= 11 is 0. The van der Waals surface area contributed by atoms with Crippen molar-refractivity contribution in [3.63, 3.8) is 0 Å². The molecule has 0 aliphatic carbocycles. The van der Waals surface area contributed by atoms with Crippen LogP contribution < -0.4 is 0 Å². The lowest BCUT2D eigenvalue weighted by molar-refractivity contribution is 0.913. The van der Waals surface area contributed by atoms with Gasteiger partial charge in [-0.2, -0.15) is 5.26 Å². The van der Waals surface area contributed by atoms with Gasteiger partial charge in [-0.05, 0) is 48.5 Å². The fraction of sp³-hybridized carbons (Fsp3) is 0. The number of rotatable bonds is 8. The number of hydrogen-bond acceptors (Lipinski definition) is 6. The summed E-state index contributed by atoms with van der Waals surface area (Å²) in [6.07, 6.45) is 0. The summed E-state index contributed by atoms with van der Waals surface area (Å²) in [6, 6.07) is 75.6. The van der Waals surface area contributed by atoms with Gasteiger partial charge in [-0.3, -0.25) is 18.3 Å². The van der Waals surface area contributed by atoms with Crippen molar-refractivity contribution >= 4 is 44.1 Å². The summed E-state index contributed by atoms with van der Waals surface area (Å²) in [5.41, 5.74) is 11.1. The molecule has 0 spiro atoms. The van der Waals surface area contributed by atoms with Gasteiger partial charge in [-0.25, -0.2) is 24.9 Å². The van der Waals surface area contributed by atoms with E-state index in [1.165, 1.54) is 0 Å². The Morgan fingerprint density at radius 3 is 0.824 bits per heavy atom. The Morgan fingerprint density at radius 1 is 0.279 bits per heavy atom. The molecule has 5 aromatic heterocycles. The van der Waals surface area contributed by atoms with E-state index in [4.69, 9.17) is 24.9 Å². The molecule has 0 aliphatic heterocycles. The molecule has 0 saturated heterocycles. The van der Waals surface area contributed by atoms with E-state index < -0.39 is 0 Å². The van der Waals surface area contributed by atoms with E-state index >= 15 is 0 Å². The topological polar surface area (TPSA) is 108 Å². The molecule has 13 aromatic rings.